The minimum atomic E-state index is -0.227. The van der Waals surface area contributed by atoms with Gasteiger partial charge in [-0.3, -0.25) is 4.99 Å². The molecule has 19 heavy (non-hydrogen) atoms. The Morgan fingerprint density at radius 2 is 1.89 bits per heavy atom. The van der Waals surface area contributed by atoms with E-state index in [1.54, 1.807) is 12.1 Å². The van der Waals surface area contributed by atoms with Crippen LogP contribution in [-0.4, -0.2) is 5.71 Å². The molecule has 0 aliphatic carbocycles. The van der Waals surface area contributed by atoms with Gasteiger partial charge in [-0.05, 0) is 50.1 Å². The first-order valence-corrected chi connectivity index (χ1v) is 6.36. The van der Waals surface area contributed by atoms with Gasteiger partial charge in [0.05, 0.1) is 5.70 Å². The lowest BCUT2D eigenvalue weighted by Gasteiger charge is -1.99. The van der Waals surface area contributed by atoms with Crippen LogP contribution in [0.15, 0.2) is 59.3 Å². The van der Waals surface area contributed by atoms with Crippen molar-refractivity contribution in [2.75, 3.05) is 0 Å². The second-order valence-corrected chi connectivity index (χ2v) is 4.52. The lowest BCUT2D eigenvalue weighted by atomic mass is 10.1. The SMILES string of the molecule is C=C(/C=C(/C=C/c1ccc(F)cc1)N=C(C)C)CC. The number of aliphatic imine (C=N–C) groups is 1. The third kappa shape index (κ3) is 5.96. The molecule has 1 aromatic rings. The minimum absolute atomic E-state index is 0.227. The highest BCUT2D eigenvalue weighted by Gasteiger charge is 1.93. The third-order valence-electron chi connectivity index (χ3n) is 2.48. The predicted molar refractivity (Wildman–Crippen MR) is 81.7 cm³/mol. The standard InChI is InChI=1S/C17H20FN/c1-5-14(4)12-17(19-13(2)3)11-8-15-6-9-16(18)10-7-15/h6-12H,4-5H2,1-3H3/b11-8+,17-12-. The molecular formula is C17H20FN. The van der Waals surface area contributed by atoms with Gasteiger partial charge >= 0.3 is 0 Å². The lowest BCUT2D eigenvalue weighted by molar-refractivity contribution is 0.628. The number of benzene rings is 1. The zero-order chi connectivity index (χ0) is 14.3. The van der Waals surface area contributed by atoms with E-state index >= 15 is 0 Å². The molecule has 0 unspecified atom stereocenters. The average Bonchev–Trinajstić information content (AvgIpc) is 2.37. The van der Waals surface area contributed by atoms with Crippen LogP contribution in [0.4, 0.5) is 4.39 Å². The predicted octanol–water partition coefficient (Wildman–Crippen LogP) is 5.17. The Morgan fingerprint density at radius 1 is 1.26 bits per heavy atom. The fraction of sp³-hybridized carbons (Fsp3) is 0.235. The summed E-state index contributed by atoms with van der Waals surface area (Å²) >= 11 is 0. The van der Waals surface area contributed by atoms with E-state index in [-0.39, 0.29) is 5.82 Å². The van der Waals surface area contributed by atoms with Gasteiger partial charge in [-0.25, -0.2) is 4.39 Å². The van der Waals surface area contributed by atoms with Crippen molar-refractivity contribution < 1.29 is 4.39 Å². The summed E-state index contributed by atoms with van der Waals surface area (Å²) in [5, 5.41) is 0. The van der Waals surface area contributed by atoms with Crippen LogP contribution < -0.4 is 0 Å². The summed E-state index contributed by atoms with van der Waals surface area (Å²) in [5.41, 5.74) is 3.82. The summed E-state index contributed by atoms with van der Waals surface area (Å²) in [4.78, 5) is 4.45. The zero-order valence-corrected chi connectivity index (χ0v) is 11.8. The van der Waals surface area contributed by atoms with Gasteiger partial charge in [0.15, 0.2) is 0 Å². The van der Waals surface area contributed by atoms with Crippen molar-refractivity contribution >= 4 is 11.8 Å². The molecule has 0 atom stereocenters. The molecule has 0 N–H and O–H groups in total. The van der Waals surface area contributed by atoms with Crippen molar-refractivity contribution in [2.45, 2.75) is 27.2 Å². The Kier molecular flexibility index (Phi) is 5.94. The van der Waals surface area contributed by atoms with Crippen molar-refractivity contribution in [3.63, 3.8) is 0 Å². The smallest absolute Gasteiger partial charge is 0.123 e. The van der Waals surface area contributed by atoms with E-state index < -0.39 is 0 Å². The summed E-state index contributed by atoms with van der Waals surface area (Å²) < 4.78 is 12.8. The van der Waals surface area contributed by atoms with Crippen LogP contribution in [0.2, 0.25) is 0 Å². The molecule has 1 rings (SSSR count). The molecular weight excluding hydrogens is 237 g/mol. The van der Waals surface area contributed by atoms with Crippen molar-refractivity contribution in [3.05, 3.63) is 65.6 Å². The molecule has 0 heterocycles. The molecule has 1 nitrogen and oxygen atoms in total. The van der Waals surface area contributed by atoms with Crippen molar-refractivity contribution in [1.29, 1.82) is 0 Å². The highest BCUT2D eigenvalue weighted by molar-refractivity contribution is 5.80. The highest BCUT2D eigenvalue weighted by Crippen LogP contribution is 2.11. The first-order chi connectivity index (χ1) is 9.01. The zero-order valence-electron chi connectivity index (χ0n) is 11.8. The first kappa shape index (κ1) is 15.1. The van der Waals surface area contributed by atoms with Crippen LogP contribution in [0.25, 0.3) is 6.08 Å². The average molecular weight is 257 g/mol. The van der Waals surface area contributed by atoms with Gasteiger partial charge in [0.25, 0.3) is 0 Å². The summed E-state index contributed by atoms with van der Waals surface area (Å²) in [7, 11) is 0. The van der Waals surface area contributed by atoms with E-state index in [9.17, 15) is 4.39 Å². The van der Waals surface area contributed by atoms with E-state index in [2.05, 4.69) is 18.5 Å². The maximum atomic E-state index is 12.8. The Hall–Kier alpha value is -1.96. The molecule has 0 aliphatic rings. The molecule has 2 heteroatoms. The number of hydrogen-bond acceptors (Lipinski definition) is 1. The van der Waals surface area contributed by atoms with E-state index in [1.807, 2.05) is 32.1 Å². The van der Waals surface area contributed by atoms with Crippen LogP contribution >= 0.6 is 0 Å². The second kappa shape index (κ2) is 7.47. The molecule has 0 fully saturated rings. The Labute approximate surface area is 114 Å². The summed E-state index contributed by atoms with van der Waals surface area (Å²) in [6, 6.07) is 6.37. The fourth-order valence-corrected chi connectivity index (χ4v) is 1.44. The summed E-state index contributed by atoms with van der Waals surface area (Å²) in [5.74, 6) is -0.227. The molecule has 0 radical (unpaired) electrons. The van der Waals surface area contributed by atoms with Gasteiger partial charge in [0, 0.05) is 5.71 Å². The molecule has 0 spiro atoms. The van der Waals surface area contributed by atoms with E-state index in [0.717, 1.165) is 29.0 Å². The summed E-state index contributed by atoms with van der Waals surface area (Å²) in [6.45, 7) is 9.92. The van der Waals surface area contributed by atoms with Crippen molar-refractivity contribution in [1.82, 2.24) is 0 Å². The number of halogens is 1. The van der Waals surface area contributed by atoms with E-state index in [4.69, 9.17) is 0 Å². The number of allylic oxidation sites excluding steroid dienone is 3. The number of nitrogens with zero attached hydrogens (tertiary/aromatic N) is 1. The molecule has 1 aromatic carbocycles. The van der Waals surface area contributed by atoms with Gasteiger partial charge in [0.1, 0.15) is 5.82 Å². The topological polar surface area (TPSA) is 12.4 Å². The monoisotopic (exact) mass is 257 g/mol. The lowest BCUT2D eigenvalue weighted by Crippen LogP contribution is -1.84. The highest BCUT2D eigenvalue weighted by atomic mass is 19.1. The third-order valence-corrected chi connectivity index (χ3v) is 2.48. The Balaban J connectivity index is 2.94. The number of hydrogen-bond donors (Lipinski definition) is 0. The van der Waals surface area contributed by atoms with Crippen LogP contribution in [0.5, 0.6) is 0 Å². The molecule has 100 valence electrons. The maximum Gasteiger partial charge on any atom is 0.123 e. The summed E-state index contributed by atoms with van der Waals surface area (Å²) in [6.07, 6.45) is 6.70. The first-order valence-electron chi connectivity index (χ1n) is 6.36. The minimum Gasteiger partial charge on any atom is -0.258 e. The second-order valence-electron chi connectivity index (χ2n) is 4.52. The van der Waals surface area contributed by atoms with Gasteiger partial charge < -0.3 is 0 Å². The molecule has 0 aliphatic heterocycles. The maximum absolute atomic E-state index is 12.8. The van der Waals surface area contributed by atoms with Gasteiger partial charge in [-0.15, -0.1) is 0 Å². The molecule has 0 saturated heterocycles. The van der Waals surface area contributed by atoms with Crippen LogP contribution in [-0.2, 0) is 0 Å². The van der Waals surface area contributed by atoms with Crippen LogP contribution in [0, 0.1) is 5.82 Å². The van der Waals surface area contributed by atoms with Crippen molar-refractivity contribution in [2.24, 2.45) is 4.99 Å². The van der Waals surface area contributed by atoms with Crippen molar-refractivity contribution in [3.8, 4) is 0 Å². The van der Waals surface area contributed by atoms with Crippen LogP contribution in [0.1, 0.15) is 32.8 Å². The van der Waals surface area contributed by atoms with Gasteiger partial charge in [-0.2, -0.15) is 0 Å². The normalized spacial score (nSPS) is 11.7. The van der Waals surface area contributed by atoms with Crippen LogP contribution in [0.3, 0.4) is 0 Å². The van der Waals surface area contributed by atoms with E-state index in [1.165, 1.54) is 12.1 Å². The van der Waals surface area contributed by atoms with Gasteiger partial charge in [-0.1, -0.05) is 37.3 Å². The Morgan fingerprint density at radius 3 is 2.42 bits per heavy atom. The van der Waals surface area contributed by atoms with E-state index in [0.29, 0.717) is 0 Å². The van der Waals surface area contributed by atoms with Gasteiger partial charge in [0.2, 0.25) is 0 Å². The fourth-order valence-electron chi connectivity index (χ4n) is 1.44. The largest absolute Gasteiger partial charge is 0.258 e. The molecule has 0 saturated carbocycles. The molecule has 0 bridgehead atoms. The molecule has 0 amide bonds. The Bertz CT molecular complexity index is 515. The quantitative estimate of drug-likeness (QED) is 0.509. The molecule has 0 aromatic heterocycles. The number of rotatable bonds is 5.